The van der Waals surface area contributed by atoms with Crippen LogP contribution in [0.15, 0.2) is 43.2 Å². The van der Waals surface area contributed by atoms with Crippen molar-refractivity contribution in [1.29, 1.82) is 0 Å². The summed E-state index contributed by atoms with van der Waals surface area (Å²) in [5.41, 5.74) is 2.13. The highest BCUT2D eigenvalue weighted by Crippen LogP contribution is 2.40. The molecule has 1 heterocycles. The Bertz CT molecular complexity index is 979. The number of benzene rings is 2. The van der Waals surface area contributed by atoms with E-state index < -0.39 is 5.82 Å². The molecule has 0 spiro atoms. The van der Waals surface area contributed by atoms with E-state index in [1.807, 2.05) is 0 Å². The summed E-state index contributed by atoms with van der Waals surface area (Å²) >= 11 is 5.87. The Morgan fingerprint density at radius 2 is 2.04 bits per heavy atom. The van der Waals surface area contributed by atoms with Gasteiger partial charge in [-0.05, 0) is 24.6 Å². The molecule has 0 aliphatic rings. The van der Waals surface area contributed by atoms with E-state index >= 15 is 0 Å². The maximum absolute atomic E-state index is 13.4. The predicted molar refractivity (Wildman–Crippen MR) is 101 cm³/mol. The van der Waals surface area contributed by atoms with Gasteiger partial charge in [0.15, 0.2) is 11.5 Å². The Labute approximate surface area is 155 Å². The summed E-state index contributed by atoms with van der Waals surface area (Å²) in [5, 5.41) is 3.97. The van der Waals surface area contributed by atoms with Gasteiger partial charge in [0.2, 0.25) is 0 Å². The van der Waals surface area contributed by atoms with Crippen molar-refractivity contribution in [1.82, 2.24) is 9.97 Å². The number of halogens is 2. The summed E-state index contributed by atoms with van der Waals surface area (Å²) in [6.45, 7) is 3.81. The standard InChI is InChI=1S/C19H17ClFN3O2/c1-4-5-12-17-15(9-16(25-2)18(12)26-3)22-10-23-19(17)24-11-6-7-14(21)13(20)8-11/h4,6-10H,1,5H2,2-3H3,(H,22,23,24). The van der Waals surface area contributed by atoms with Crippen molar-refractivity contribution < 1.29 is 13.9 Å². The van der Waals surface area contributed by atoms with Gasteiger partial charge >= 0.3 is 0 Å². The Kier molecular flexibility index (Phi) is 5.23. The summed E-state index contributed by atoms with van der Waals surface area (Å²) in [7, 11) is 3.15. The van der Waals surface area contributed by atoms with Crippen LogP contribution in [-0.2, 0) is 6.42 Å². The molecular weight excluding hydrogens is 357 g/mol. The first-order valence-corrected chi connectivity index (χ1v) is 8.18. The molecule has 0 bridgehead atoms. The molecule has 2 aromatic carbocycles. The number of nitrogens with zero attached hydrogens (tertiary/aromatic N) is 2. The van der Waals surface area contributed by atoms with E-state index in [1.165, 1.54) is 18.5 Å². The zero-order valence-corrected chi connectivity index (χ0v) is 15.1. The molecule has 0 aliphatic heterocycles. The lowest BCUT2D eigenvalue weighted by Gasteiger charge is -2.17. The molecule has 0 saturated heterocycles. The first-order chi connectivity index (χ1) is 12.6. The molecule has 1 aromatic heterocycles. The number of fused-ring (bicyclic) bond motifs is 1. The first kappa shape index (κ1) is 17.9. The van der Waals surface area contributed by atoms with Crippen LogP contribution < -0.4 is 14.8 Å². The molecule has 0 fully saturated rings. The van der Waals surface area contributed by atoms with Crippen LogP contribution in [0, 0.1) is 5.82 Å². The number of anilines is 2. The van der Waals surface area contributed by atoms with E-state index in [1.54, 1.807) is 32.4 Å². The van der Waals surface area contributed by atoms with Gasteiger partial charge in [-0.2, -0.15) is 0 Å². The maximum Gasteiger partial charge on any atom is 0.165 e. The summed E-state index contributed by atoms with van der Waals surface area (Å²) in [6.07, 6.45) is 3.74. The third-order valence-electron chi connectivity index (χ3n) is 3.90. The average molecular weight is 374 g/mol. The van der Waals surface area contributed by atoms with E-state index in [-0.39, 0.29) is 5.02 Å². The molecule has 0 atom stereocenters. The minimum absolute atomic E-state index is 0.0268. The highest BCUT2D eigenvalue weighted by atomic mass is 35.5. The second-order valence-corrected chi connectivity index (χ2v) is 5.86. The summed E-state index contributed by atoms with van der Waals surface area (Å²) in [4.78, 5) is 8.67. The van der Waals surface area contributed by atoms with Crippen molar-refractivity contribution in [3.05, 3.63) is 59.7 Å². The topological polar surface area (TPSA) is 56.3 Å². The highest BCUT2D eigenvalue weighted by molar-refractivity contribution is 6.31. The van der Waals surface area contributed by atoms with E-state index in [9.17, 15) is 4.39 Å². The van der Waals surface area contributed by atoms with Crippen LogP contribution >= 0.6 is 11.6 Å². The van der Waals surface area contributed by atoms with Crippen LogP contribution in [0.3, 0.4) is 0 Å². The van der Waals surface area contributed by atoms with Gasteiger partial charge in [0.1, 0.15) is 18.0 Å². The minimum atomic E-state index is -0.483. The van der Waals surface area contributed by atoms with Crippen LogP contribution in [0.4, 0.5) is 15.9 Å². The van der Waals surface area contributed by atoms with Crippen molar-refractivity contribution in [3.8, 4) is 11.5 Å². The zero-order chi connectivity index (χ0) is 18.7. The van der Waals surface area contributed by atoms with Crippen LogP contribution in [0.2, 0.25) is 5.02 Å². The number of aromatic nitrogens is 2. The molecule has 3 aromatic rings. The van der Waals surface area contributed by atoms with Gasteiger partial charge in [-0.3, -0.25) is 0 Å². The molecule has 0 amide bonds. The second kappa shape index (κ2) is 7.58. The molecule has 1 N–H and O–H groups in total. The van der Waals surface area contributed by atoms with Gasteiger partial charge < -0.3 is 14.8 Å². The molecule has 3 rings (SSSR count). The van der Waals surface area contributed by atoms with Gasteiger partial charge in [-0.15, -0.1) is 6.58 Å². The number of hydrogen-bond acceptors (Lipinski definition) is 5. The number of rotatable bonds is 6. The fourth-order valence-corrected chi connectivity index (χ4v) is 2.96. The van der Waals surface area contributed by atoms with Crippen molar-refractivity contribution in [2.45, 2.75) is 6.42 Å². The molecule has 26 heavy (non-hydrogen) atoms. The zero-order valence-electron chi connectivity index (χ0n) is 14.3. The quantitative estimate of drug-likeness (QED) is 0.622. The van der Waals surface area contributed by atoms with E-state index in [4.69, 9.17) is 21.1 Å². The van der Waals surface area contributed by atoms with E-state index in [2.05, 4.69) is 21.9 Å². The summed E-state index contributed by atoms with van der Waals surface area (Å²) in [6, 6.07) is 6.16. The number of nitrogens with one attached hydrogen (secondary N) is 1. The number of methoxy groups -OCH3 is 2. The van der Waals surface area contributed by atoms with Crippen molar-refractivity contribution in [2.24, 2.45) is 0 Å². The fourth-order valence-electron chi connectivity index (χ4n) is 2.78. The molecule has 0 saturated carbocycles. The van der Waals surface area contributed by atoms with Crippen molar-refractivity contribution in [3.63, 3.8) is 0 Å². The van der Waals surface area contributed by atoms with Gasteiger partial charge in [0.25, 0.3) is 0 Å². The summed E-state index contributed by atoms with van der Waals surface area (Å²) < 4.78 is 24.4. The molecule has 7 heteroatoms. The lowest BCUT2D eigenvalue weighted by Crippen LogP contribution is -2.02. The first-order valence-electron chi connectivity index (χ1n) is 7.80. The Morgan fingerprint density at radius 1 is 1.23 bits per heavy atom. The van der Waals surface area contributed by atoms with Gasteiger partial charge in [0.05, 0.1) is 30.1 Å². The van der Waals surface area contributed by atoms with Gasteiger partial charge in [0, 0.05) is 17.3 Å². The maximum atomic E-state index is 13.4. The lowest BCUT2D eigenvalue weighted by molar-refractivity contribution is 0.353. The van der Waals surface area contributed by atoms with Gasteiger partial charge in [-0.25, -0.2) is 14.4 Å². The lowest BCUT2D eigenvalue weighted by atomic mass is 10.0. The Morgan fingerprint density at radius 3 is 2.69 bits per heavy atom. The number of hydrogen-bond donors (Lipinski definition) is 1. The van der Waals surface area contributed by atoms with Crippen molar-refractivity contribution >= 4 is 34.0 Å². The van der Waals surface area contributed by atoms with Crippen LogP contribution in [-0.4, -0.2) is 24.2 Å². The Balaban J connectivity index is 2.22. The average Bonchev–Trinajstić information content (AvgIpc) is 2.64. The molecule has 0 radical (unpaired) electrons. The van der Waals surface area contributed by atoms with Crippen LogP contribution in [0.5, 0.6) is 11.5 Å². The van der Waals surface area contributed by atoms with Gasteiger partial charge in [-0.1, -0.05) is 17.7 Å². The van der Waals surface area contributed by atoms with Crippen LogP contribution in [0.1, 0.15) is 5.56 Å². The van der Waals surface area contributed by atoms with E-state index in [0.717, 1.165) is 10.9 Å². The molecule has 0 aliphatic carbocycles. The number of ether oxygens (including phenoxy) is 2. The van der Waals surface area contributed by atoms with Crippen molar-refractivity contribution in [2.75, 3.05) is 19.5 Å². The fraction of sp³-hybridized carbons (Fsp3) is 0.158. The largest absolute Gasteiger partial charge is 0.493 e. The van der Waals surface area contributed by atoms with Crippen LogP contribution in [0.25, 0.3) is 10.9 Å². The molecule has 0 unspecified atom stereocenters. The smallest absolute Gasteiger partial charge is 0.165 e. The normalized spacial score (nSPS) is 10.6. The third kappa shape index (κ3) is 3.28. The summed E-state index contributed by atoms with van der Waals surface area (Å²) in [5.74, 6) is 1.24. The molecule has 5 nitrogen and oxygen atoms in total. The van der Waals surface area contributed by atoms with E-state index in [0.29, 0.717) is 34.9 Å². The predicted octanol–water partition coefficient (Wildman–Crippen LogP) is 4.91. The second-order valence-electron chi connectivity index (χ2n) is 5.45. The monoisotopic (exact) mass is 373 g/mol. The third-order valence-corrected chi connectivity index (χ3v) is 4.19. The minimum Gasteiger partial charge on any atom is -0.493 e. The number of allylic oxidation sites excluding steroid dienone is 1. The highest BCUT2D eigenvalue weighted by Gasteiger charge is 2.18. The molecular formula is C19H17ClFN3O2. The SMILES string of the molecule is C=CCc1c(OC)c(OC)cc2ncnc(Nc3ccc(F)c(Cl)c3)c12. The Hall–Kier alpha value is -2.86. The molecule has 134 valence electrons.